The summed E-state index contributed by atoms with van der Waals surface area (Å²) < 4.78 is 50.3. The Labute approximate surface area is 156 Å². The van der Waals surface area contributed by atoms with Crippen molar-refractivity contribution in [1.29, 1.82) is 0 Å². The van der Waals surface area contributed by atoms with Crippen LogP contribution in [0.15, 0.2) is 46.2 Å². The van der Waals surface area contributed by atoms with E-state index in [0.717, 1.165) is 0 Å². The summed E-state index contributed by atoms with van der Waals surface area (Å²) in [5, 5.41) is 5.54. The topological polar surface area (TPSA) is 97.5 Å². The fraction of sp³-hybridized carbons (Fsp3) is 0.200. The number of hydrogen-bond donors (Lipinski definition) is 1. The summed E-state index contributed by atoms with van der Waals surface area (Å²) in [7, 11) is -7.74. The zero-order chi connectivity index (χ0) is 18.6. The second-order valence-corrected chi connectivity index (χ2v) is 9.96. The minimum absolute atomic E-state index is 0.0112. The number of primary sulfonamides is 1. The van der Waals surface area contributed by atoms with Crippen LogP contribution in [-0.4, -0.2) is 22.9 Å². The smallest absolute Gasteiger partial charge is 0.263 e. The van der Waals surface area contributed by atoms with Gasteiger partial charge < -0.3 is 0 Å². The Hall–Kier alpha value is -1.32. The van der Waals surface area contributed by atoms with Crippen LogP contribution in [0, 0.1) is 0 Å². The van der Waals surface area contributed by atoms with Crippen molar-refractivity contribution >= 4 is 48.9 Å². The second-order valence-electron chi connectivity index (χ2n) is 5.77. The van der Waals surface area contributed by atoms with Crippen LogP contribution in [0.25, 0.3) is 0 Å². The van der Waals surface area contributed by atoms with Gasteiger partial charge in [0.25, 0.3) is 10.0 Å². The SMILES string of the molecule is CC1Cc2cc(S(N)(=O)=O)ccc2N1S(=O)(=O)c1ccc(Cl)c(Cl)c1. The Bertz CT molecular complexity index is 1070. The van der Waals surface area contributed by atoms with Crippen molar-refractivity contribution in [3.05, 3.63) is 52.0 Å². The number of sulfonamides is 2. The predicted octanol–water partition coefficient (Wildman–Crippen LogP) is 2.78. The van der Waals surface area contributed by atoms with Crippen LogP contribution in [0.4, 0.5) is 5.69 Å². The number of nitrogens with zero attached hydrogens (tertiary/aromatic N) is 1. The van der Waals surface area contributed by atoms with Gasteiger partial charge in [0.15, 0.2) is 0 Å². The standard InChI is InChI=1S/C15H14Cl2N2O4S2/c1-9-6-10-7-11(24(18,20)21)3-5-15(10)19(9)25(22,23)12-2-4-13(16)14(17)8-12/h2-5,7-9H,6H2,1H3,(H2,18,20,21). The van der Waals surface area contributed by atoms with E-state index in [0.29, 0.717) is 17.7 Å². The maximum Gasteiger partial charge on any atom is 0.264 e. The van der Waals surface area contributed by atoms with E-state index in [1.165, 1.54) is 40.7 Å². The lowest BCUT2D eigenvalue weighted by Crippen LogP contribution is -2.35. The minimum atomic E-state index is -3.88. The van der Waals surface area contributed by atoms with Crippen LogP contribution in [0.5, 0.6) is 0 Å². The van der Waals surface area contributed by atoms with Crippen molar-refractivity contribution < 1.29 is 16.8 Å². The summed E-state index contributed by atoms with van der Waals surface area (Å²) in [5.74, 6) is 0. The maximum atomic E-state index is 13.0. The molecule has 1 unspecified atom stereocenters. The first-order chi connectivity index (χ1) is 11.5. The van der Waals surface area contributed by atoms with Gasteiger partial charge in [0.05, 0.1) is 25.5 Å². The summed E-state index contributed by atoms with van der Waals surface area (Å²) in [6, 6.07) is 7.87. The molecule has 25 heavy (non-hydrogen) atoms. The fourth-order valence-corrected chi connectivity index (χ4v) is 5.52. The highest BCUT2D eigenvalue weighted by atomic mass is 35.5. The van der Waals surface area contributed by atoms with E-state index in [4.69, 9.17) is 28.3 Å². The number of anilines is 1. The summed E-state index contributed by atoms with van der Waals surface area (Å²) in [6.45, 7) is 1.74. The van der Waals surface area contributed by atoms with Crippen LogP contribution in [-0.2, 0) is 26.5 Å². The first-order valence-corrected chi connectivity index (χ1v) is 10.9. The van der Waals surface area contributed by atoms with Crippen molar-refractivity contribution in [3.8, 4) is 0 Å². The lowest BCUT2D eigenvalue weighted by atomic mass is 10.1. The molecule has 134 valence electrons. The van der Waals surface area contributed by atoms with Crippen molar-refractivity contribution in [2.24, 2.45) is 5.14 Å². The third-order valence-corrected chi connectivity index (χ3v) is 7.55. The highest BCUT2D eigenvalue weighted by molar-refractivity contribution is 7.93. The van der Waals surface area contributed by atoms with Crippen LogP contribution in [0.2, 0.25) is 10.0 Å². The minimum Gasteiger partial charge on any atom is -0.263 e. The molecule has 10 heteroatoms. The van der Waals surface area contributed by atoms with Gasteiger partial charge in [0, 0.05) is 6.04 Å². The molecule has 0 aliphatic carbocycles. The van der Waals surface area contributed by atoms with Gasteiger partial charge in [-0.1, -0.05) is 23.2 Å². The summed E-state index contributed by atoms with van der Waals surface area (Å²) in [5.41, 5.74) is 1.02. The van der Waals surface area contributed by atoms with E-state index in [-0.39, 0.29) is 25.9 Å². The number of rotatable bonds is 3. The number of benzene rings is 2. The molecule has 0 amide bonds. The molecule has 1 aliphatic rings. The van der Waals surface area contributed by atoms with E-state index in [1.807, 2.05) is 0 Å². The van der Waals surface area contributed by atoms with Gasteiger partial charge in [-0.25, -0.2) is 22.0 Å². The summed E-state index contributed by atoms with van der Waals surface area (Å²) >= 11 is 11.8. The van der Waals surface area contributed by atoms with Gasteiger partial charge in [-0.2, -0.15) is 0 Å². The monoisotopic (exact) mass is 420 g/mol. The third-order valence-electron chi connectivity index (χ3n) is 3.98. The van der Waals surface area contributed by atoms with Gasteiger partial charge in [0.2, 0.25) is 10.0 Å². The molecule has 1 heterocycles. The normalized spacial score (nSPS) is 17.6. The van der Waals surface area contributed by atoms with E-state index in [1.54, 1.807) is 6.92 Å². The molecule has 2 aromatic carbocycles. The number of hydrogen-bond acceptors (Lipinski definition) is 4. The Morgan fingerprint density at radius 1 is 1.00 bits per heavy atom. The molecule has 1 atom stereocenters. The molecular weight excluding hydrogens is 407 g/mol. The molecule has 2 N–H and O–H groups in total. The van der Waals surface area contributed by atoms with Crippen molar-refractivity contribution in [3.63, 3.8) is 0 Å². The molecular formula is C15H14Cl2N2O4S2. The van der Waals surface area contributed by atoms with E-state index >= 15 is 0 Å². The van der Waals surface area contributed by atoms with Crippen LogP contribution in [0.1, 0.15) is 12.5 Å². The van der Waals surface area contributed by atoms with E-state index in [9.17, 15) is 16.8 Å². The molecule has 0 saturated carbocycles. The highest BCUT2D eigenvalue weighted by Gasteiger charge is 2.36. The quantitative estimate of drug-likeness (QED) is 0.824. The Morgan fingerprint density at radius 3 is 2.24 bits per heavy atom. The first-order valence-electron chi connectivity index (χ1n) is 7.17. The molecule has 2 aromatic rings. The van der Waals surface area contributed by atoms with Gasteiger partial charge in [-0.05, 0) is 55.3 Å². The van der Waals surface area contributed by atoms with Crippen LogP contribution in [0.3, 0.4) is 0 Å². The molecule has 0 bridgehead atoms. The van der Waals surface area contributed by atoms with Crippen molar-refractivity contribution in [2.75, 3.05) is 4.31 Å². The molecule has 1 aliphatic heterocycles. The van der Waals surface area contributed by atoms with Crippen molar-refractivity contribution in [1.82, 2.24) is 0 Å². The molecule has 0 fully saturated rings. The zero-order valence-electron chi connectivity index (χ0n) is 13.0. The number of fused-ring (bicyclic) bond motifs is 1. The Balaban J connectivity index is 2.11. The Morgan fingerprint density at radius 2 is 1.64 bits per heavy atom. The van der Waals surface area contributed by atoms with Gasteiger partial charge in [-0.3, -0.25) is 4.31 Å². The van der Waals surface area contributed by atoms with Gasteiger partial charge in [0.1, 0.15) is 0 Å². The molecule has 0 radical (unpaired) electrons. The summed E-state index contributed by atoms with van der Waals surface area (Å²) in [4.78, 5) is -0.0376. The van der Waals surface area contributed by atoms with Crippen molar-refractivity contribution in [2.45, 2.75) is 29.2 Å². The van der Waals surface area contributed by atoms with Gasteiger partial charge >= 0.3 is 0 Å². The molecule has 0 saturated heterocycles. The predicted molar refractivity (Wildman–Crippen MR) is 97.1 cm³/mol. The largest absolute Gasteiger partial charge is 0.264 e. The Kier molecular flexibility index (Phi) is 4.53. The van der Waals surface area contributed by atoms with E-state index < -0.39 is 20.0 Å². The summed E-state index contributed by atoms with van der Waals surface area (Å²) in [6.07, 6.45) is 0.374. The lowest BCUT2D eigenvalue weighted by Gasteiger charge is -2.24. The fourth-order valence-electron chi connectivity index (χ4n) is 2.87. The second kappa shape index (κ2) is 6.14. The average molecular weight is 421 g/mol. The maximum absolute atomic E-state index is 13.0. The molecule has 3 rings (SSSR count). The van der Waals surface area contributed by atoms with E-state index in [2.05, 4.69) is 0 Å². The van der Waals surface area contributed by atoms with Crippen LogP contribution >= 0.6 is 23.2 Å². The molecule has 6 nitrogen and oxygen atoms in total. The molecule has 0 aromatic heterocycles. The highest BCUT2D eigenvalue weighted by Crippen LogP contribution is 2.38. The molecule has 0 spiro atoms. The van der Waals surface area contributed by atoms with Gasteiger partial charge in [-0.15, -0.1) is 0 Å². The zero-order valence-corrected chi connectivity index (χ0v) is 16.1. The first kappa shape index (κ1) is 18.5. The number of nitrogens with two attached hydrogens (primary N) is 1. The third kappa shape index (κ3) is 3.24. The number of halogens is 2. The average Bonchev–Trinajstić information content (AvgIpc) is 2.84. The van der Waals surface area contributed by atoms with Crippen LogP contribution < -0.4 is 9.44 Å². The lowest BCUT2D eigenvalue weighted by molar-refractivity contribution is 0.584.